The molecule has 24 heavy (non-hydrogen) atoms. The lowest BCUT2D eigenvalue weighted by atomic mass is 10.1. The van der Waals surface area contributed by atoms with Gasteiger partial charge in [0, 0.05) is 37.4 Å². The molecule has 0 aromatic rings. The van der Waals surface area contributed by atoms with Crippen LogP contribution in [-0.4, -0.2) is 36.9 Å². The first-order valence-electron chi connectivity index (χ1n) is 8.74. The number of aliphatic imine (C=N–C) groups is 2. The fourth-order valence-corrected chi connectivity index (χ4v) is 3.32. The van der Waals surface area contributed by atoms with Crippen LogP contribution in [0.15, 0.2) is 44.1 Å². The molecule has 1 aliphatic rings. The molecule has 0 saturated heterocycles. The van der Waals surface area contributed by atoms with Crippen molar-refractivity contribution in [3.63, 3.8) is 0 Å². The molecule has 0 bridgehead atoms. The van der Waals surface area contributed by atoms with E-state index in [4.69, 9.17) is 0 Å². The summed E-state index contributed by atoms with van der Waals surface area (Å²) >= 11 is 1.71. The summed E-state index contributed by atoms with van der Waals surface area (Å²) in [5, 5.41) is 4.43. The van der Waals surface area contributed by atoms with Crippen molar-refractivity contribution >= 4 is 23.1 Å². The zero-order valence-electron chi connectivity index (χ0n) is 16.0. The topological polar surface area (TPSA) is 40.0 Å². The molecule has 0 aliphatic carbocycles. The molecule has 0 fully saturated rings. The average molecular weight is 349 g/mol. The van der Waals surface area contributed by atoms with Crippen molar-refractivity contribution in [1.29, 1.82) is 0 Å². The molecule has 0 radical (unpaired) electrons. The summed E-state index contributed by atoms with van der Waals surface area (Å²) in [7, 11) is 4.13. The maximum atomic E-state index is 4.59. The third-order valence-corrected chi connectivity index (χ3v) is 4.89. The summed E-state index contributed by atoms with van der Waals surface area (Å²) < 4.78 is 0. The molecular weight excluding hydrogens is 316 g/mol. The summed E-state index contributed by atoms with van der Waals surface area (Å²) in [6, 6.07) is 0. The molecular formula is C19H32N4S. The number of thioether (sulfide) groups is 1. The summed E-state index contributed by atoms with van der Waals surface area (Å²) in [6.07, 6.45) is 10.6. The monoisotopic (exact) mass is 348 g/mol. The van der Waals surface area contributed by atoms with Gasteiger partial charge in [-0.2, -0.15) is 0 Å². The van der Waals surface area contributed by atoms with E-state index in [9.17, 15) is 0 Å². The van der Waals surface area contributed by atoms with Gasteiger partial charge in [-0.05, 0) is 27.2 Å². The first kappa shape index (κ1) is 20.6. The van der Waals surface area contributed by atoms with Gasteiger partial charge < -0.3 is 10.2 Å². The molecule has 0 spiro atoms. The normalized spacial score (nSPS) is 19.2. The van der Waals surface area contributed by atoms with Crippen LogP contribution in [0, 0.1) is 0 Å². The number of hydrogen-bond acceptors (Lipinski definition) is 4. The number of unbranched alkanes of at least 4 members (excludes halogenated alkanes) is 3. The number of allylic oxidation sites excluding steroid dienone is 4. The highest BCUT2D eigenvalue weighted by molar-refractivity contribution is 8.18. The van der Waals surface area contributed by atoms with Crippen molar-refractivity contribution in [2.75, 3.05) is 20.6 Å². The van der Waals surface area contributed by atoms with Crippen LogP contribution in [0.2, 0.25) is 0 Å². The van der Waals surface area contributed by atoms with E-state index in [0.717, 1.165) is 29.3 Å². The Hall–Kier alpha value is -1.49. The maximum absolute atomic E-state index is 4.59. The first-order valence-corrected chi connectivity index (χ1v) is 9.56. The van der Waals surface area contributed by atoms with E-state index in [-0.39, 0.29) is 0 Å². The second-order valence-electron chi connectivity index (χ2n) is 6.05. The molecule has 1 rings (SSSR count). The Balaban J connectivity index is 2.85. The summed E-state index contributed by atoms with van der Waals surface area (Å²) in [4.78, 5) is 12.4. The Morgan fingerprint density at radius 3 is 2.62 bits per heavy atom. The van der Waals surface area contributed by atoms with Gasteiger partial charge in [0.15, 0.2) is 0 Å². The van der Waals surface area contributed by atoms with Gasteiger partial charge in [0.2, 0.25) is 0 Å². The van der Waals surface area contributed by atoms with Crippen LogP contribution in [0.5, 0.6) is 0 Å². The molecule has 4 nitrogen and oxygen atoms in total. The predicted molar refractivity (Wildman–Crippen MR) is 110 cm³/mol. The second-order valence-corrected chi connectivity index (χ2v) is 7.25. The zero-order chi connectivity index (χ0) is 17.9. The third kappa shape index (κ3) is 6.19. The lowest BCUT2D eigenvalue weighted by Crippen LogP contribution is -2.19. The van der Waals surface area contributed by atoms with Crippen LogP contribution < -0.4 is 5.32 Å². The minimum Gasteiger partial charge on any atom is -0.381 e. The molecule has 0 saturated carbocycles. The molecule has 0 amide bonds. The summed E-state index contributed by atoms with van der Waals surface area (Å²) in [6.45, 7) is 9.35. The molecule has 0 aromatic carbocycles. The van der Waals surface area contributed by atoms with Gasteiger partial charge in [-0.3, -0.25) is 4.99 Å². The quantitative estimate of drug-likeness (QED) is 0.365. The molecule has 134 valence electrons. The molecule has 1 aliphatic heterocycles. The van der Waals surface area contributed by atoms with Crippen molar-refractivity contribution < 1.29 is 0 Å². The fourth-order valence-electron chi connectivity index (χ4n) is 2.30. The molecule has 5 heteroatoms. The van der Waals surface area contributed by atoms with Gasteiger partial charge >= 0.3 is 0 Å². The standard InChI is InChI=1S/C19H32N4S/c1-7-9-10-11-13-20-14-22-18-16(4)24-19(21-12-8-2)17(18)15(3)23(5)6/h8,12,14H,7,9-11,13H2,1-6H3,(H,20,22)/b12-8-,17-15+,21-19+. The van der Waals surface area contributed by atoms with Gasteiger partial charge in [-0.15, -0.1) is 0 Å². The second kappa shape index (κ2) is 11.1. The molecule has 0 unspecified atom stereocenters. The van der Waals surface area contributed by atoms with Gasteiger partial charge in [0.25, 0.3) is 0 Å². The van der Waals surface area contributed by atoms with E-state index in [0.29, 0.717) is 0 Å². The number of rotatable bonds is 9. The molecule has 1 N–H and O–H groups in total. The third-order valence-electron chi connectivity index (χ3n) is 3.88. The van der Waals surface area contributed by atoms with Crippen LogP contribution in [0.1, 0.15) is 53.4 Å². The smallest absolute Gasteiger partial charge is 0.112 e. The largest absolute Gasteiger partial charge is 0.381 e. The van der Waals surface area contributed by atoms with E-state index in [1.54, 1.807) is 11.8 Å². The molecule has 0 atom stereocenters. The van der Waals surface area contributed by atoms with E-state index in [1.165, 1.54) is 29.9 Å². The zero-order valence-corrected chi connectivity index (χ0v) is 16.8. The van der Waals surface area contributed by atoms with Crippen LogP contribution in [-0.2, 0) is 0 Å². The van der Waals surface area contributed by atoms with Crippen molar-refractivity contribution in [3.8, 4) is 0 Å². The Bertz CT molecular complexity index is 554. The van der Waals surface area contributed by atoms with Gasteiger partial charge in [-0.1, -0.05) is 44.0 Å². The highest BCUT2D eigenvalue weighted by Crippen LogP contribution is 2.38. The van der Waals surface area contributed by atoms with Crippen LogP contribution in [0.25, 0.3) is 0 Å². The summed E-state index contributed by atoms with van der Waals surface area (Å²) in [5.74, 6) is 0. The SMILES string of the molecule is C\C=C/N=C1/SC(C)=C(NC=NCCCCCC)/C1=C(/C)N(C)C. The Kier molecular flexibility index (Phi) is 9.53. The van der Waals surface area contributed by atoms with Gasteiger partial charge in [0.1, 0.15) is 5.04 Å². The van der Waals surface area contributed by atoms with Crippen LogP contribution in [0.4, 0.5) is 0 Å². The van der Waals surface area contributed by atoms with E-state index in [2.05, 4.69) is 55.1 Å². The number of hydrogen-bond donors (Lipinski definition) is 1. The van der Waals surface area contributed by atoms with Crippen molar-refractivity contribution in [2.24, 2.45) is 9.98 Å². The minimum atomic E-state index is 0.887. The highest BCUT2D eigenvalue weighted by atomic mass is 32.2. The van der Waals surface area contributed by atoms with Crippen LogP contribution >= 0.6 is 11.8 Å². The van der Waals surface area contributed by atoms with Crippen molar-refractivity contribution in [3.05, 3.63) is 34.1 Å². The maximum Gasteiger partial charge on any atom is 0.112 e. The Morgan fingerprint density at radius 1 is 1.25 bits per heavy atom. The highest BCUT2D eigenvalue weighted by Gasteiger charge is 2.26. The molecule has 1 heterocycles. The molecule has 0 aromatic heterocycles. The number of nitrogens with zero attached hydrogens (tertiary/aromatic N) is 3. The van der Waals surface area contributed by atoms with Crippen molar-refractivity contribution in [1.82, 2.24) is 10.2 Å². The first-order chi connectivity index (χ1) is 11.5. The van der Waals surface area contributed by atoms with Gasteiger partial charge in [0.05, 0.1) is 17.6 Å². The van der Waals surface area contributed by atoms with Gasteiger partial charge in [-0.25, -0.2) is 4.99 Å². The van der Waals surface area contributed by atoms with E-state index >= 15 is 0 Å². The Morgan fingerprint density at radius 2 is 2.00 bits per heavy atom. The van der Waals surface area contributed by atoms with Crippen molar-refractivity contribution in [2.45, 2.75) is 53.4 Å². The average Bonchev–Trinajstić information content (AvgIpc) is 2.86. The fraction of sp³-hybridized carbons (Fsp3) is 0.579. The lowest BCUT2D eigenvalue weighted by molar-refractivity contribution is 0.510. The lowest BCUT2D eigenvalue weighted by Gasteiger charge is -2.18. The Labute approximate surface area is 151 Å². The minimum absolute atomic E-state index is 0.887. The van der Waals surface area contributed by atoms with Crippen LogP contribution in [0.3, 0.4) is 0 Å². The number of nitrogens with one attached hydrogen (secondary N) is 1. The van der Waals surface area contributed by atoms with E-state index < -0.39 is 0 Å². The predicted octanol–water partition coefficient (Wildman–Crippen LogP) is 4.93. The van der Waals surface area contributed by atoms with E-state index in [1.807, 2.05) is 25.5 Å². The summed E-state index contributed by atoms with van der Waals surface area (Å²) in [5.41, 5.74) is 3.48.